The highest BCUT2D eigenvalue weighted by atomic mass is 32.1. The number of aliphatic hydroxyl groups excluding tert-OH is 1. The van der Waals surface area contributed by atoms with E-state index in [0.717, 1.165) is 27.0 Å². The summed E-state index contributed by atoms with van der Waals surface area (Å²) in [4.78, 5) is 5.11. The first-order valence-electron chi connectivity index (χ1n) is 4.31. The molecule has 0 bridgehead atoms. The van der Waals surface area contributed by atoms with E-state index in [1.165, 1.54) is 11.5 Å². The molecule has 0 saturated heterocycles. The summed E-state index contributed by atoms with van der Waals surface area (Å²) in [6, 6.07) is 0. The lowest BCUT2D eigenvalue weighted by atomic mass is 10.1. The van der Waals surface area contributed by atoms with Crippen LogP contribution in [0, 0.1) is 6.92 Å². The lowest BCUT2D eigenvalue weighted by Crippen LogP contribution is -2.03. The van der Waals surface area contributed by atoms with Gasteiger partial charge in [-0.05, 0) is 29.6 Å². The normalized spacial score (nSPS) is 11.1. The van der Waals surface area contributed by atoms with Gasteiger partial charge in [-0.25, -0.2) is 4.98 Å². The predicted molar refractivity (Wildman–Crippen MR) is 56.0 cm³/mol. The average Bonchev–Trinajstić information content (AvgIpc) is 2.59. The van der Waals surface area contributed by atoms with E-state index in [0.29, 0.717) is 6.54 Å². The topological polar surface area (TPSA) is 72.0 Å². The number of pyridine rings is 1. The van der Waals surface area contributed by atoms with Crippen molar-refractivity contribution in [1.82, 2.24) is 9.36 Å². The fourth-order valence-electron chi connectivity index (χ4n) is 1.52. The third-order valence-electron chi connectivity index (χ3n) is 2.25. The molecular weight excluding hydrogens is 198 g/mol. The standard InChI is InChI=1S/C9H11N3OS/c1-5-8-7(4-13)6(2-10)3-11-9(8)14-12-5/h3,13H,2,4,10H2,1H3. The van der Waals surface area contributed by atoms with Gasteiger partial charge in [0.1, 0.15) is 4.83 Å². The summed E-state index contributed by atoms with van der Waals surface area (Å²) in [5, 5.41) is 10.2. The minimum absolute atomic E-state index is 0.00912. The van der Waals surface area contributed by atoms with Gasteiger partial charge in [0.15, 0.2) is 0 Å². The van der Waals surface area contributed by atoms with Gasteiger partial charge in [-0.15, -0.1) is 0 Å². The van der Waals surface area contributed by atoms with Crippen molar-refractivity contribution in [2.24, 2.45) is 5.73 Å². The Morgan fingerprint density at radius 1 is 1.57 bits per heavy atom. The Hall–Kier alpha value is -1.04. The van der Waals surface area contributed by atoms with Crippen LogP contribution in [0.5, 0.6) is 0 Å². The molecule has 0 atom stereocenters. The highest BCUT2D eigenvalue weighted by molar-refractivity contribution is 7.12. The summed E-state index contributed by atoms with van der Waals surface area (Å²) >= 11 is 1.35. The summed E-state index contributed by atoms with van der Waals surface area (Å²) in [6.45, 7) is 2.30. The van der Waals surface area contributed by atoms with Crippen LogP contribution >= 0.6 is 11.5 Å². The van der Waals surface area contributed by atoms with E-state index in [2.05, 4.69) is 9.36 Å². The van der Waals surface area contributed by atoms with Gasteiger partial charge in [0.05, 0.1) is 12.3 Å². The molecule has 0 spiro atoms. The van der Waals surface area contributed by atoms with E-state index >= 15 is 0 Å². The van der Waals surface area contributed by atoms with Crippen LogP contribution in [0.25, 0.3) is 10.2 Å². The highest BCUT2D eigenvalue weighted by Gasteiger charge is 2.11. The SMILES string of the molecule is Cc1nsc2ncc(CN)c(CO)c12. The van der Waals surface area contributed by atoms with Gasteiger partial charge in [-0.1, -0.05) is 0 Å². The summed E-state index contributed by atoms with van der Waals surface area (Å²) in [5.74, 6) is 0. The molecule has 0 aromatic carbocycles. The summed E-state index contributed by atoms with van der Waals surface area (Å²) in [6.07, 6.45) is 1.71. The number of nitrogens with two attached hydrogens (primary N) is 1. The molecule has 4 nitrogen and oxygen atoms in total. The van der Waals surface area contributed by atoms with Crippen molar-refractivity contribution in [2.75, 3.05) is 0 Å². The third kappa shape index (κ3) is 1.30. The fourth-order valence-corrected chi connectivity index (χ4v) is 2.30. The van der Waals surface area contributed by atoms with Crippen molar-refractivity contribution in [3.8, 4) is 0 Å². The number of hydrogen-bond donors (Lipinski definition) is 2. The van der Waals surface area contributed by atoms with Crippen LogP contribution in [0.3, 0.4) is 0 Å². The number of aliphatic hydroxyl groups is 1. The first kappa shape index (κ1) is 9.51. The number of rotatable bonds is 2. The summed E-state index contributed by atoms with van der Waals surface area (Å²) in [5.41, 5.74) is 8.24. The number of fused-ring (bicyclic) bond motifs is 1. The molecule has 74 valence electrons. The monoisotopic (exact) mass is 209 g/mol. The molecule has 0 aliphatic heterocycles. The molecule has 0 fully saturated rings. The molecule has 2 aromatic rings. The van der Waals surface area contributed by atoms with Crippen LogP contribution in [0.2, 0.25) is 0 Å². The third-order valence-corrected chi connectivity index (χ3v) is 3.10. The van der Waals surface area contributed by atoms with Gasteiger partial charge in [0.25, 0.3) is 0 Å². The number of hydrogen-bond acceptors (Lipinski definition) is 5. The molecule has 2 aromatic heterocycles. The van der Waals surface area contributed by atoms with Crippen molar-refractivity contribution in [1.29, 1.82) is 0 Å². The maximum atomic E-state index is 9.28. The van der Waals surface area contributed by atoms with Crippen LogP contribution in [-0.2, 0) is 13.2 Å². The van der Waals surface area contributed by atoms with Crippen LogP contribution in [-0.4, -0.2) is 14.5 Å². The second-order valence-corrected chi connectivity index (χ2v) is 3.82. The smallest absolute Gasteiger partial charge is 0.143 e. The largest absolute Gasteiger partial charge is 0.392 e. The Kier molecular flexibility index (Phi) is 2.45. The molecular formula is C9H11N3OS. The van der Waals surface area contributed by atoms with Gasteiger partial charge in [-0.2, -0.15) is 4.37 Å². The van der Waals surface area contributed by atoms with E-state index in [1.54, 1.807) is 6.20 Å². The Bertz CT molecular complexity index is 466. The first-order valence-corrected chi connectivity index (χ1v) is 5.09. The number of aromatic nitrogens is 2. The second-order valence-electron chi connectivity index (χ2n) is 3.07. The van der Waals surface area contributed by atoms with Crippen molar-refractivity contribution in [3.63, 3.8) is 0 Å². The number of nitrogens with zero attached hydrogens (tertiary/aromatic N) is 2. The van der Waals surface area contributed by atoms with Gasteiger partial charge in [-0.3, -0.25) is 0 Å². The van der Waals surface area contributed by atoms with Gasteiger partial charge in [0.2, 0.25) is 0 Å². The molecule has 5 heteroatoms. The van der Waals surface area contributed by atoms with Gasteiger partial charge in [0, 0.05) is 18.1 Å². The van der Waals surface area contributed by atoms with E-state index < -0.39 is 0 Å². The molecule has 2 heterocycles. The number of aryl methyl sites for hydroxylation is 1. The fraction of sp³-hybridized carbons (Fsp3) is 0.333. The van der Waals surface area contributed by atoms with E-state index in [1.807, 2.05) is 6.92 Å². The van der Waals surface area contributed by atoms with Crippen LogP contribution in [0.1, 0.15) is 16.8 Å². The first-order chi connectivity index (χ1) is 6.77. The van der Waals surface area contributed by atoms with Crippen LogP contribution in [0.15, 0.2) is 6.20 Å². The molecule has 0 amide bonds. The highest BCUT2D eigenvalue weighted by Crippen LogP contribution is 2.26. The quantitative estimate of drug-likeness (QED) is 0.772. The zero-order valence-electron chi connectivity index (χ0n) is 7.82. The summed E-state index contributed by atoms with van der Waals surface area (Å²) < 4.78 is 4.21. The minimum atomic E-state index is -0.00912. The van der Waals surface area contributed by atoms with Crippen molar-refractivity contribution in [2.45, 2.75) is 20.1 Å². The molecule has 3 N–H and O–H groups in total. The van der Waals surface area contributed by atoms with Gasteiger partial charge >= 0.3 is 0 Å². The summed E-state index contributed by atoms with van der Waals surface area (Å²) in [7, 11) is 0. The van der Waals surface area contributed by atoms with E-state index in [-0.39, 0.29) is 6.61 Å². The molecule has 14 heavy (non-hydrogen) atoms. The minimum Gasteiger partial charge on any atom is -0.392 e. The Labute approximate surface area is 85.6 Å². The van der Waals surface area contributed by atoms with Crippen molar-refractivity contribution < 1.29 is 5.11 Å². The molecule has 0 radical (unpaired) electrons. The zero-order valence-corrected chi connectivity index (χ0v) is 8.64. The molecule has 0 aliphatic carbocycles. The Balaban J connectivity index is 2.81. The average molecular weight is 209 g/mol. The van der Waals surface area contributed by atoms with E-state index in [9.17, 15) is 5.11 Å². The lowest BCUT2D eigenvalue weighted by Gasteiger charge is -2.05. The van der Waals surface area contributed by atoms with Crippen LogP contribution in [0.4, 0.5) is 0 Å². The van der Waals surface area contributed by atoms with Crippen molar-refractivity contribution in [3.05, 3.63) is 23.0 Å². The van der Waals surface area contributed by atoms with Crippen LogP contribution < -0.4 is 5.73 Å². The second kappa shape index (κ2) is 3.61. The van der Waals surface area contributed by atoms with Crippen molar-refractivity contribution >= 4 is 21.7 Å². The van der Waals surface area contributed by atoms with E-state index in [4.69, 9.17) is 5.73 Å². The molecule has 0 saturated carbocycles. The lowest BCUT2D eigenvalue weighted by molar-refractivity contribution is 0.282. The van der Waals surface area contributed by atoms with Gasteiger partial charge < -0.3 is 10.8 Å². The maximum absolute atomic E-state index is 9.28. The molecule has 0 unspecified atom stereocenters. The zero-order chi connectivity index (χ0) is 10.1. The Morgan fingerprint density at radius 3 is 3.00 bits per heavy atom. The molecule has 2 rings (SSSR count). The molecule has 0 aliphatic rings. The predicted octanol–water partition coefficient (Wildman–Crippen LogP) is 0.951. The Morgan fingerprint density at radius 2 is 2.36 bits per heavy atom. The maximum Gasteiger partial charge on any atom is 0.143 e.